The van der Waals surface area contributed by atoms with Crippen LogP contribution in [0.1, 0.15) is 208 Å². The van der Waals surface area contributed by atoms with E-state index in [4.69, 9.17) is 18.9 Å². The molecule has 0 spiro atoms. The number of allylic oxidation sites excluding steroid dienone is 3. The van der Waals surface area contributed by atoms with Crippen LogP contribution < -0.4 is 21.3 Å². The molecule has 4 aliphatic carbocycles. The van der Waals surface area contributed by atoms with E-state index in [1.807, 2.05) is 27.7 Å². The first kappa shape index (κ1) is 60.9. The van der Waals surface area contributed by atoms with Gasteiger partial charge in [-0.15, -0.1) is 0 Å². The smallest absolute Gasteiger partial charge is 0.223 e. The first-order chi connectivity index (χ1) is 28.8. The van der Waals surface area contributed by atoms with E-state index >= 15 is 0 Å². The summed E-state index contributed by atoms with van der Waals surface area (Å²) in [7, 11) is 0. The van der Waals surface area contributed by atoms with Crippen LogP contribution in [-0.4, -0.2) is 78.9 Å². The third-order valence-electron chi connectivity index (χ3n) is 12.6. The van der Waals surface area contributed by atoms with Crippen LogP contribution >= 0.6 is 0 Å². The zero-order valence-electron chi connectivity index (χ0n) is 43.5. The molecule has 372 valence electrons. The largest absolute Gasteiger partial charge is 0.381 e. The van der Waals surface area contributed by atoms with Crippen molar-refractivity contribution in [1.82, 2.24) is 21.3 Å². The van der Waals surface area contributed by atoms with Crippen LogP contribution in [0.15, 0.2) is 36.8 Å². The van der Waals surface area contributed by atoms with Gasteiger partial charge in [0.2, 0.25) is 5.91 Å². The molecule has 4 saturated carbocycles. The monoisotopic (exact) mass is 891 g/mol. The molecule has 0 aromatic carbocycles. The van der Waals surface area contributed by atoms with Crippen molar-refractivity contribution in [2.45, 2.75) is 255 Å². The van der Waals surface area contributed by atoms with Gasteiger partial charge < -0.3 is 40.2 Å². The number of rotatable bonds is 23. The third kappa shape index (κ3) is 24.9. The lowest BCUT2D eigenvalue weighted by Crippen LogP contribution is -2.54. The molecule has 0 aromatic rings. The van der Waals surface area contributed by atoms with Gasteiger partial charge >= 0.3 is 0 Å². The average Bonchev–Trinajstić information content (AvgIpc) is 3.79. The van der Waals surface area contributed by atoms with Gasteiger partial charge in [-0.1, -0.05) is 115 Å². The Morgan fingerprint density at radius 3 is 0.825 bits per heavy atom. The lowest BCUT2D eigenvalue weighted by Gasteiger charge is -2.44. The van der Waals surface area contributed by atoms with E-state index in [0.717, 1.165) is 49.8 Å². The second-order valence-corrected chi connectivity index (χ2v) is 21.7. The molecule has 4 aliphatic rings. The summed E-state index contributed by atoms with van der Waals surface area (Å²) in [4.78, 5) is 11.9. The quantitative estimate of drug-likeness (QED) is 0.0805. The summed E-state index contributed by atoms with van der Waals surface area (Å²) >= 11 is 0. The molecule has 1 amide bonds. The van der Waals surface area contributed by atoms with Gasteiger partial charge in [-0.25, -0.2) is 0 Å². The predicted molar refractivity (Wildman–Crippen MR) is 271 cm³/mol. The minimum atomic E-state index is -0.107. The highest BCUT2D eigenvalue weighted by Crippen LogP contribution is 2.38. The highest BCUT2D eigenvalue weighted by atomic mass is 16.5. The number of carbonyl (C=O) groups excluding carboxylic acids is 1. The zero-order chi connectivity index (χ0) is 47.3. The van der Waals surface area contributed by atoms with Gasteiger partial charge in [0.1, 0.15) is 0 Å². The van der Waals surface area contributed by atoms with Crippen molar-refractivity contribution >= 4 is 5.91 Å². The van der Waals surface area contributed by atoms with Gasteiger partial charge in [0.15, 0.2) is 0 Å². The molecule has 0 unspecified atom stereocenters. The number of nitrogens with one attached hydrogen (secondary N) is 4. The first-order valence-corrected chi connectivity index (χ1v) is 25.0. The summed E-state index contributed by atoms with van der Waals surface area (Å²) in [6.45, 7) is 48.9. The Kier molecular flexibility index (Phi) is 28.6. The first-order valence-electron chi connectivity index (χ1n) is 25.0. The highest BCUT2D eigenvalue weighted by Gasteiger charge is 2.43. The van der Waals surface area contributed by atoms with Crippen molar-refractivity contribution in [2.24, 2.45) is 23.7 Å². The van der Waals surface area contributed by atoms with E-state index in [1.54, 1.807) is 0 Å². The van der Waals surface area contributed by atoms with Crippen LogP contribution in [0, 0.1) is 23.7 Å². The molecule has 0 aliphatic heterocycles. The van der Waals surface area contributed by atoms with Gasteiger partial charge in [0, 0.05) is 23.0 Å². The van der Waals surface area contributed by atoms with Crippen molar-refractivity contribution < 1.29 is 23.7 Å². The van der Waals surface area contributed by atoms with Crippen molar-refractivity contribution in [1.29, 1.82) is 0 Å². The van der Waals surface area contributed by atoms with Crippen molar-refractivity contribution in [3.8, 4) is 0 Å². The molecule has 4 N–H and O–H groups in total. The summed E-state index contributed by atoms with van der Waals surface area (Å²) in [5.41, 5.74) is 3.87. The van der Waals surface area contributed by atoms with Crippen LogP contribution in [0.25, 0.3) is 0 Å². The summed E-state index contributed by atoms with van der Waals surface area (Å²) in [6.07, 6.45) is 18.1. The lowest BCUT2D eigenvalue weighted by atomic mass is 9.77. The number of hydrogen-bond donors (Lipinski definition) is 4. The molecule has 9 heteroatoms. The van der Waals surface area contributed by atoms with Gasteiger partial charge in [-0.3, -0.25) is 4.79 Å². The molecule has 0 saturated heterocycles. The fourth-order valence-electron chi connectivity index (χ4n) is 7.42. The molecule has 9 nitrogen and oxygen atoms in total. The van der Waals surface area contributed by atoms with Crippen molar-refractivity contribution in [3.05, 3.63) is 36.8 Å². The lowest BCUT2D eigenvalue weighted by molar-refractivity contribution is -0.128. The molecular weight excluding hydrogens is 785 g/mol. The van der Waals surface area contributed by atoms with E-state index in [-0.39, 0.29) is 47.5 Å². The molecular formula is C54H106N4O5. The second-order valence-electron chi connectivity index (χ2n) is 21.7. The van der Waals surface area contributed by atoms with E-state index in [1.165, 1.54) is 77.0 Å². The summed E-state index contributed by atoms with van der Waals surface area (Å²) in [6, 6.07) is 0. The number of carbonyl (C=O) groups is 1. The van der Waals surface area contributed by atoms with Crippen LogP contribution in [0.5, 0.6) is 0 Å². The predicted octanol–water partition coefficient (Wildman–Crippen LogP) is 12.8. The fraction of sp³-hybridized carbons (Fsp3) is 0.870. The van der Waals surface area contributed by atoms with Crippen molar-refractivity contribution in [3.63, 3.8) is 0 Å². The maximum absolute atomic E-state index is 11.9. The van der Waals surface area contributed by atoms with Gasteiger partial charge in [-0.2, -0.15) is 0 Å². The van der Waals surface area contributed by atoms with E-state index in [9.17, 15) is 4.79 Å². The molecule has 4 rings (SSSR count). The Labute approximate surface area is 391 Å². The minimum absolute atomic E-state index is 0. The van der Waals surface area contributed by atoms with Gasteiger partial charge in [-0.05, 0) is 131 Å². The second kappa shape index (κ2) is 29.5. The van der Waals surface area contributed by atoms with Crippen LogP contribution in [0.4, 0.5) is 0 Å². The Morgan fingerprint density at radius 1 is 0.381 bits per heavy atom. The fourth-order valence-corrected chi connectivity index (χ4v) is 7.42. The maximum Gasteiger partial charge on any atom is 0.223 e. The molecule has 63 heavy (non-hydrogen) atoms. The van der Waals surface area contributed by atoms with E-state index in [2.05, 4.69) is 124 Å². The van der Waals surface area contributed by atoms with E-state index < -0.39 is 0 Å². The number of amides is 1. The Hall–Kier alpha value is -2.07. The highest BCUT2D eigenvalue weighted by molar-refractivity contribution is 5.78. The van der Waals surface area contributed by atoms with Crippen molar-refractivity contribution in [2.75, 3.05) is 26.4 Å². The molecule has 0 bridgehead atoms. The third-order valence-corrected chi connectivity index (χ3v) is 12.6. The van der Waals surface area contributed by atoms with E-state index in [0.29, 0.717) is 42.7 Å². The van der Waals surface area contributed by atoms with Crippen LogP contribution in [-0.2, 0) is 23.7 Å². The SMILES string of the molecule is C.C=C(NC1(COC(C)C)CC1)C(C)C.C=C(NC1(COC(C)C)CCC1)C(C)C.C=C(NC1(COC(C)C)CCCC1)C(C)C.CC(C)OCC1(NC(=O)C(C)C)CCCCC1. The summed E-state index contributed by atoms with van der Waals surface area (Å²) in [5, 5.41) is 13.9. The Bertz CT molecular complexity index is 1280. The van der Waals surface area contributed by atoms with Gasteiger partial charge in [0.05, 0.1) is 73.0 Å². The summed E-state index contributed by atoms with van der Waals surface area (Å²) in [5.74, 6) is 1.71. The van der Waals surface area contributed by atoms with Gasteiger partial charge in [0.25, 0.3) is 0 Å². The molecule has 0 heterocycles. The average molecular weight is 891 g/mol. The van der Waals surface area contributed by atoms with Crippen LogP contribution in [0.3, 0.4) is 0 Å². The van der Waals surface area contributed by atoms with Crippen LogP contribution in [0.2, 0.25) is 0 Å². The Balaban J connectivity index is 0.000000811. The maximum atomic E-state index is 11.9. The molecule has 0 aromatic heterocycles. The molecule has 4 fully saturated rings. The standard InChI is InChI=1S/C14H27NO2.C14H27NO.C13H25NO.C12H23NO.CH4/c1-11(2)13(16)15-14(10-17-12(3)4)8-6-5-7-9-14;1-11(2)13(5)15-14(8-6-7-9-14)10-16-12(3)4;1-10(2)12(5)14-13(7-6-8-13)9-15-11(3)4;1-9(2)11(5)13-12(6-7-12)8-14-10(3)4;/h11-12H,5-10H2,1-4H3,(H,15,16);11-12,15H,5-10H2,1-4H3;10-11,14H,5-9H2,1-4H3;9-10,13H,5-8H2,1-4H3;1H4. The number of hydrogen-bond acceptors (Lipinski definition) is 8. The molecule has 0 atom stereocenters. The topological polar surface area (TPSA) is 102 Å². The minimum Gasteiger partial charge on any atom is -0.381 e. The zero-order valence-corrected chi connectivity index (χ0v) is 43.5. The number of ether oxygens (including phenoxy) is 4. The molecule has 0 radical (unpaired) electrons. The Morgan fingerprint density at radius 2 is 0.619 bits per heavy atom. The normalized spacial score (nSPS) is 18.9. The summed E-state index contributed by atoms with van der Waals surface area (Å²) < 4.78 is 22.9.